The fraction of sp³-hybridized carbons (Fsp3) is 0.308. The minimum absolute atomic E-state index is 0.0315. The quantitative estimate of drug-likeness (QED) is 0.836. The molecule has 20 heavy (non-hydrogen) atoms. The number of aromatic amines is 1. The van der Waals surface area contributed by atoms with Crippen LogP contribution in [0, 0.1) is 0 Å². The molecule has 0 aliphatic rings. The normalized spacial score (nSPS) is 12.2. The van der Waals surface area contributed by atoms with E-state index in [-0.39, 0.29) is 17.9 Å². The molecule has 2 N–H and O–H groups in total. The first-order valence-corrected chi connectivity index (χ1v) is 7.73. The number of H-pyrrole nitrogens is 1. The number of nitrogens with zero attached hydrogens (tertiary/aromatic N) is 1. The molecular weight excluding hydrogens is 278 g/mol. The highest BCUT2D eigenvalue weighted by Crippen LogP contribution is 2.05. The molecule has 0 spiro atoms. The lowest BCUT2D eigenvalue weighted by molar-refractivity contribution is 0.0946. The van der Waals surface area contributed by atoms with Gasteiger partial charge in [-0.3, -0.25) is 13.8 Å². The van der Waals surface area contributed by atoms with Crippen molar-refractivity contribution >= 4 is 27.6 Å². The maximum atomic E-state index is 11.9. The summed E-state index contributed by atoms with van der Waals surface area (Å²) >= 11 is 0. The lowest BCUT2D eigenvalue weighted by Crippen LogP contribution is -2.31. The number of amides is 1. The first-order valence-electron chi connectivity index (χ1n) is 6.24. The summed E-state index contributed by atoms with van der Waals surface area (Å²) in [6.07, 6.45) is 0. The minimum atomic E-state index is -0.934. The van der Waals surface area contributed by atoms with Crippen LogP contribution in [0.15, 0.2) is 29.1 Å². The Kier molecular flexibility index (Phi) is 4.62. The van der Waals surface area contributed by atoms with Crippen molar-refractivity contribution in [2.75, 3.05) is 18.1 Å². The lowest BCUT2D eigenvalue weighted by atomic mass is 10.2. The van der Waals surface area contributed by atoms with Gasteiger partial charge in [0.25, 0.3) is 11.5 Å². The molecule has 7 heteroatoms. The molecule has 1 atom stereocenters. The molecule has 1 amide bonds. The Balaban J connectivity index is 2.14. The SMILES string of the molecule is CCS(=O)CCNC(=O)c1nc2ccccc2c(=O)[nH]1. The second-order valence-electron chi connectivity index (χ2n) is 4.12. The number of fused-ring (bicyclic) bond motifs is 1. The van der Waals surface area contributed by atoms with E-state index in [0.29, 0.717) is 22.4 Å². The Labute approximate surface area is 118 Å². The molecular formula is C13H15N3O3S. The van der Waals surface area contributed by atoms with Crippen molar-refractivity contribution in [2.24, 2.45) is 0 Å². The molecule has 2 rings (SSSR count). The monoisotopic (exact) mass is 293 g/mol. The summed E-state index contributed by atoms with van der Waals surface area (Å²) in [5.41, 5.74) is 0.122. The van der Waals surface area contributed by atoms with Gasteiger partial charge in [-0.15, -0.1) is 0 Å². The van der Waals surface area contributed by atoms with Crippen molar-refractivity contribution in [1.82, 2.24) is 15.3 Å². The molecule has 0 radical (unpaired) electrons. The average Bonchev–Trinajstić information content (AvgIpc) is 2.46. The maximum Gasteiger partial charge on any atom is 0.287 e. The highest BCUT2D eigenvalue weighted by molar-refractivity contribution is 7.84. The van der Waals surface area contributed by atoms with Gasteiger partial charge in [0.05, 0.1) is 10.9 Å². The maximum absolute atomic E-state index is 11.9. The summed E-state index contributed by atoms with van der Waals surface area (Å²) in [5.74, 6) is 0.443. The number of aromatic nitrogens is 2. The van der Waals surface area contributed by atoms with Crippen LogP contribution in [0.1, 0.15) is 17.5 Å². The third kappa shape index (κ3) is 3.30. The van der Waals surface area contributed by atoms with E-state index < -0.39 is 16.7 Å². The summed E-state index contributed by atoms with van der Waals surface area (Å²) in [4.78, 5) is 30.2. The zero-order valence-corrected chi connectivity index (χ0v) is 11.8. The van der Waals surface area contributed by atoms with Crippen molar-refractivity contribution < 1.29 is 9.00 Å². The first-order chi connectivity index (χ1) is 9.61. The molecule has 106 valence electrons. The lowest BCUT2D eigenvalue weighted by Gasteiger charge is -2.05. The van der Waals surface area contributed by atoms with Crippen LogP contribution >= 0.6 is 0 Å². The molecule has 1 unspecified atom stereocenters. The number of rotatable bonds is 5. The van der Waals surface area contributed by atoms with E-state index in [4.69, 9.17) is 0 Å². The van der Waals surface area contributed by atoms with Gasteiger partial charge in [-0.25, -0.2) is 4.98 Å². The van der Waals surface area contributed by atoms with Gasteiger partial charge in [-0.2, -0.15) is 0 Å². The predicted octanol–water partition coefficient (Wildman–Crippen LogP) is 0.421. The zero-order chi connectivity index (χ0) is 14.5. The third-order valence-corrected chi connectivity index (χ3v) is 4.07. The van der Waals surface area contributed by atoms with Crippen molar-refractivity contribution in [1.29, 1.82) is 0 Å². The zero-order valence-electron chi connectivity index (χ0n) is 11.0. The molecule has 0 bridgehead atoms. The van der Waals surface area contributed by atoms with E-state index >= 15 is 0 Å². The summed E-state index contributed by atoms with van der Waals surface area (Å²) in [5, 5.41) is 3.03. The smallest absolute Gasteiger partial charge is 0.287 e. The standard InChI is InChI=1S/C13H15N3O3S/c1-2-20(19)8-7-14-13(18)11-15-10-6-4-3-5-9(10)12(17)16-11/h3-6H,2,7-8H2,1H3,(H,14,18)(H,15,16,17). The Bertz CT molecular complexity index is 711. The second kappa shape index (κ2) is 6.42. The van der Waals surface area contributed by atoms with Crippen molar-refractivity contribution in [3.63, 3.8) is 0 Å². The van der Waals surface area contributed by atoms with Gasteiger partial charge in [-0.1, -0.05) is 19.1 Å². The van der Waals surface area contributed by atoms with Crippen molar-refractivity contribution in [3.05, 3.63) is 40.4 Å². The molecule has 1 aromatic carbocycles. The van der Waals surface area contributed by atoms with Crippen molar-refractivity contribution in [3.8, 4) is 0 Å². The molecule has 0 aliphatic heterocycles. The molecule has 2 aromatic rings. The van der Waals surface area contributed by atoms with Gasteiger partial charge in [0.15, 0.2) is 5.82 Å². The van der Waals surface area contributed by atoms with Gasteiger partial charge in [-0.05, 0) is 12.1 Å². The van der Waals surface area contributed by atoms with Crippen LogP contribution in [0.5, 0.6) is 0 Å². The third-order valence-electron chi connectivity index (χ3n) is 2.77. The van der Waals surface area contributed by atoms with Crippen LogP contribution in [-0.4, -0.2) is 38.1 Å². The predicted molar refractivity (Wildman–Crippen MR) is 78.2 cm³/mol. The van der Waals surface area contributed by atoms with Crippen molar-refractivity contribution in [2.45, 2.75) is 6.92 Å². The number of benzene rings is 1. The Morgan fingerprint density at radius 2 is 2.15 bits per heavy atom. The summed E-state index contributed by atoms with van der Waals surface area (Å²) in [7, 11) is -0.934. The average molecular weight is 293 g/mol. The molecule has 6 nitrogen and oxygen atoms in total. The van der Waals surface area contributed by atoms with Gasteiger partial charge in [0.2, 0.25) is 0 Å². The molecule has 0 aliphatic carbocycles. The Hall–Kier alpha value is -2.02. The van der Waals surface area contributed by atoms with Crippen LogP contribution in [0.3, 0.4) is 0 Å². The highest BCUT2D eigenvalue weighted by atomic mass is 32.2. The fourth-order valence-electron chi connectivity index (χ4n) is 1.70. The van der Waals surface area contributed by atoms with Gasteiger partial charge < -0.3 is 10.3 Å². The number of hydrogen-bond acceptors (Lipinski definition) is 4. The second-order valence-corrected chi connectivity index (χ2v) is 5.99. The molecule has 0 saturated carbocycles. The molecule has 0 fully saturated rings. The molecule has 1 aromatic heterocycles. The summed E-state index contributed by atoms with van der Waals surface area (Å²) in [6, 6.07) is 6.81. The van der Waals surface area contributed by atoms with E-state index in [0.717, 1.165) is 0 Å². The van der Waals surface area contributed by atoms with E-state index in [9.17, 15) is 13.8 Å². The fourth-order valence-corrected chi connectivity index (χ4v) is 2.32. The van der Waals surface area contributed by atoms with Gasteiger partial charge in [0, 0.05) is 28.9 Å². The van der Waals surface area contributed by atoms with Crippen LogP contribution in [0.4, 0.5) is 0 Å². The van der Waals surface area contributed by atoms with Gasteiger partial charge >= 0.3 is 0 Å². The van der Waals surface area contributed by atoms with Crippen LogP contribution in [0.2, 0.25) is 0 Å². The number of nitrogens with one attached hydrogen (secondary N) is 2. The highest BCUT2D eigenvalue weighted by Gasteiger charge is 2.10. The number of hydrogen-bond donors (Lipinski definition) is 2. The van der Waals surface area contributed by atoms with E-state index in [1.807, 2.05) is 6.92 Å². The largest absolute Gasteiger partial charge is 0.348 e. The summed E-state index contributed by atoms with van der Waals surface area (Å²) < 4.78 is 11.2. The van der Waals surface area contributed by atoms with Crippen LogP contribution in [-0.2, 0) is 10.8 Å². The Morgan fingerprint density at radius 3 is 2.90 bits per heavy atom. The minimum Gasteiger partial charge on any atom is -0.348 e. The first kappa shape index (κ1) is 14.4. The van der Waals surface area contributed by atoms with E-state index in [1.54, 1.807) is 24.3 Å². The van der Waals surface area contributed by atoms with Crippen LogP contribution < -0.4 is 10.9 Å². The molecule has 1 heterocycles. The topological polar surface area (TPSA) is 91.9 Å². The Morgan fingerprint density at radius 1 is 1.40 bits per heavy atom. The number of para-hydroxylation sites is 1. The van der Waals surface area contributed by atoms with Crippen LogP contribution in [0.25, 0.3) is 10.9 Å². The van der Waals surface area contributed by atoms with Gasteiger partial charge in [0.1, 0.15) is 0 Å². The summed E-state index contributed by atoms with van der Waals surface area (Å²) in [6.45, 7) is 2.11. The number of carbonyl (C=O) groups excluding carboxylic acids is 1. The van der Waals surface area contributed by atoms with E-state index in [2.05, 4.69) is 15.3 Å². The van der Waals surface area contributed by atoms with E-state index in [1.165, 1.54) is 0 Å². The molecule has 0 saturated heterocycles. The number of carbonyl (C=O) groups is 1.